The van der Waals surface area contributed by atoms with E-state index in [-0.39, 0.29) is 0 Å². The Hall–Kier alpha value is -0.630. The normalized spacial score (nSPS) is 21.0. The standard InChI is InChI=1S/C10H12OS/c1-6-3-8-7(2)5-12-9(4-6)10(8)11/h3-4,7,11H,5H2,1-2H3. The van der Waals surface area contributed by atoms with Crippen molar-refractivity contribution in [3.8, 4) is 5.75 Å². The predicted molar refractivity (Wildman–Crippen MR) is 52.0 cm³/mol. The van der Waals surface area contributed by atoms with Gasteiger partial charge in [0.2, 0.25) is 0 Å². The van der Waals surface area contributed by atoms with E-state index in [1.165, 1.54) is 5.56 Å². The minimum atomic E-state index is 0.488. The van der Waals surface area contributed by atoms with Crippen LogP contribution in [-0.2, 0) is 0 Å². The molecule has 64 valence electrons. The van der Waals surface area contributed by atoms with Crippen LogP contribution in [0.2, 0.25) is 0 Å². The minimum absolute atomic E-state index is 0.488. The van der Waals surface area contributed by atoms with E-state index in [4.69, 9.17) is 0 Å². The first kappa shape index (κ1) is 7.99. The van der Waals surface area contributed by atoms with Gasteiger partial charge < -0.3 is 5.11 Å². The van der Waals surface area contributed by atoms with Gasteiger partial charge in [0.1, 0.15) is 5.75 Å². The Morgan fingerprint density at radius 2 is 2.25 bits per heavy atom. The van der Waals surface area contributed by atoms with Gasteiger partial charge in [-0.2, -0.15) is 0 Å². The topological polar surface area (TPSA) is 20.2 Å². The molecule has 0 amide bonds. The molecule has 1 heterocycles. The summed E-state index contributed by atoms with van der Waals surface area (Å²) in [6, 6.07) is 4.14. The Labute approximate surface area is 76.8 Å². The van der Waals surface area contributed by atoms with E-state index in [1.807, 2.05) is 0 Å². The van der Waals surface area contributed by atoms with Crippen molar-refractivity contribution in [2.75, 3.05) is 5.75 Å². The molecule has 0 spiro atoms. The maximum absolute atomic E-state index is 9.72. The first-order valence-electron chi connectivity index (χ1n) is 4.15. The highest BCUT2D eigenvalue weighted by molar-refractivity contribution is 7.99. The van der Waals surface area contributed by atoms with Gasteiger partial charge in [-0.25, -0.2) is 0 Å². The van der Waals surface area contributed by atoms with Crippen molar-refractivity contribution in [3.05, 3.63) is 23.3 Å². The van der Waals surface area contributed by atoms with Crippen LogP contribution in [0.3, 0.4) is 0 Å². The van der Waals surface area contributed by atoms with Crippen LogP contribution in [0.25, 0.3) is 0 Å². The van der Waals surface area contributed by atoms with E-state index < -0.39 is 0 Å². The number of hydrogen-bond donors (Lipinski definition) is 1. The largest absolute Gasteiger partial charge is 0.506 e. The van der Waals surface area contributed by atoms with E-state index in [2.05, 4.69) is 26.0 Å². The van der Waals surface area contributed by atoms with Crippen molar-refractivity contribution in [3.63, 3.8) is 0 Å². The first-order chi connectivity index (χ1) is 5.68. The SMILES string of the molecule is Cc1cc2c(O)c(c1)C(C)CS2. The van der Waals surface area contributed by atoms with E-state index in [0.717, 1.165) is 16.2 Å². The summed E-state index contributed by atoms with van der Waals surface area (Å²) in [6.45, 7) is 4.23. The fourth-order valence-corrected chi connectivity index (χ4v) is 2.70. The van der Waals surface area contributed by atoms with Crippen molar-refractivity contribution in [2.24, 2.45) is 0 Å². The summed E-state index contributed by atoms with van der Waals surface area (Å²) in [6.07, 6.45) is 0. The fraction of sp³-hybridized carbons (Fsp3) is 0.400. The Morgan fingerprint density at radius 3 is 3.00 bits per heavy atom. The molecule has 1 nitrogen and oxygen atoms in total. The van der Waals surface area contributed by atoms with Crippen LogP contribution < -0.4 is 0 Å². The van der Waals surface area contributed by atoms with Gasteiger partial charge in [-0.3, -0.25) is 0 Å². The second kappa shape index (κ2) is 2.70. The first-order valence-corrected chi connectivity index (χ1v) is 5.13. The molecule has 1 atom stereocenters. The third-order valence-electron chi connectivity index (χ3n) is 2.27. The maximum atomic E-state index is 9.72. The Kier molecular flexibility index (Phi) is 1.80. The third kappa shape index (κ3) is 1.11. The number of rotatable bonds is 0. The van der Waals surface area contributed by atoms with E-state index in [0.29, 0.717) is 11.7 Å². The molecule has 1 unspecified atom stereocenters. The van der Waals surface area contributed by atoms with Gasteiger partial charge in [0.05, 0.1) is 0 Å². The van der Waals surface area contributed by atoms with Crippen LogP contribution >= 0.6 is 11.8 Å². The quantitative estimate of drug-likeness (QED) is 0.662. The number of phenols is 1. The van der Waals surface area contributed by atoms with Crippen LogP contribution in [0, 0.1) is 6.92 Å². The zero-order chi connectivity index (χ0) is 8.72. The number of phenolic OH excluding ortho intramolecular Hbond substituents is 1. The smallest absolute Gasteiger partial charge is 0.132 e. The summed E-state index contributed by atoms with van der Waals surface area (Å²) in [5, 5.41) is 9.72. The number of aromatic hydroxyl groups is 1. The maximum Gasteiger partial charge on any atom is 0.132 e. The van der Waals surface area contributed by atoms with Gasteiger partial charge in [-0.15, -0.1) is 11.8 Å². The molecule has 0 fully saturated rings. The Balaban J connectivity index is 2.63. The molecule has 1 aliphatic heterocycles. The lowest BCUT2D eigenvalue weighted by Gasteiger charge is -2.22. The molecule has 1 aliphatic rings. The average molecular weight is 180 g/mol. The van der Waals surface area contributed by atoms with Crippen LogP contribution in [-0.4, -0.2) is 10.9 Å². The van der Waals surface area contributed by atoms with Gasteiger partial charge in [-0.05, 0) is 30.0 Å². The molecule has 0 saturated heterocycles. The van der Waals surface area contributed by atoms with Crippen molar-refractivity contribution in [1.82, 2.24) is 0 Å². The summed E-state index contributed by atoms with van der Waals surface area (Å²) in [7, 11) is 0. The molecule has 0 aromatic heterocycles. The number of thioether (sulfide) groups is 1. The van der Waals surface area contributed by atoms with Crippen LogP contribution in [0.1, 0.15) is 24.0 Å². The zero-order valence-electron chi connectivity index (χ0n) is 7.29. The molecule has 1 aromatic carbocycles. The third-order valence-corrected chi connectivity index (χ3v) is 3.56. The molecule has 1 aromatic rings. The predicted octanol–water partition coefficient (Wildman–Crippen LogP) is 2.91. The molecule has 2 heteroatoms. The van der Waals surface area contributed by atoms with Crippen molar-refractivity contribution < 1.29 is 5.11 Å². The summed E-state index contributed by atoms with van der Waals surface area (Å²) < 4.78 is 0. The minimum Gasteiger partial charge on any atom is -0.506 e. The molecule has 2 bridgehead atoms. The summed E-state index contributed by atoms with van der Waals surface area (Å²) in [5.41, 5.74) is 2.36. The summed E-state index contributed by atoms with van der Waals surface area (Å²) >= 11 is 1.75. The number of aryl methyl sites for hydroxylation is 1. The highest BCUT2D eigenvalue weighted by Gasteiger charge is 2.20. The number of benzene rings is 1. The molecule has 0 aliphatic carbocycles. The molecule has 1 N–H and O–H groups in total. The Morgan fingerprint density at radius 1 is 1.50 bits per heavy atom. The van der Waals surface area contributed by atoms with Crippen LogP contribution in [0.5, 0.6) is 5.75 Å². The monoisotopic (exact) mass is 180 g/mol. The average Bonchev–Trinajstić information content (AvgIpc) is 2.01. The molecule has 0 saturated carbocycles. The van der Waals surface area contributed by atoms with E-state index in [9.17, 15) is 5.11 Å². The lowest BCUT2D eigenvalue weighted by molar-refractivity contribution is 0.449. The molecular formula is C10H12OS. The van der Waals surface area contributed by atoms with Gasteiger partial charge in [0.25, 0.3) is 0 Å². The molecular weight excluding hydrogens is 168 g/mol. The summed E-state index contributed by atoms with van der Waals surface area (Å²) in [4.78, 5) is 1.04. The lowest BCUT2D eigenvalue weighted by atomic mass is 9.99. The van der Waals surface area contributed by atoms with Crippen LogP contribution in [0.4, 0.5) is 0 Å². The van der Waals surface area contributed by atoms with Crippen molar-refractivity contribution in [2.45, 2.75) is 24.7 Å². The van der Waals surface area contributed by atoms with Crippen molar-refractivity contribution >= 4 is 11.8 Å². The lowest BCUT2D eigenvalue weighted by Crippen LogP contribution is -2.03. The van der Waals surface area contributed by atoms with Gasteiger partial charge >= 0.3 is 0 Å². The molecule has 2 rings (SSSR count). The Bertz CT molecular complexity index is 320. The van der Waals surface area contributed by atoms with Gasteiger partial charge in [-0.1, -0.05) is 13.0 Å². The van der Waals surface area contributed by atoms with E-state index >= 15 is 0 Å². The van der Waals surface area contributed by atoms with E-state index in [1.54, 1.807) is 11.8 Å². The number of fused-ring (bicyclic) bond motifs is 2. The van der Waals surface area contributed by atoms with Crippen LogP contribution in [0.15, 0.2) is 17.0 Å². The van der Waals surface area contributed by atoms with Gasteiger partial charge in [0, 0.05) is 10.6 Å². The second-order valence-corrected chi connectivity index (χ2v) is 4.47. The van der Waals surface area contributed by atoms with Gasteiger partial charge in [0.15, 0.2) is 0 Å². The van der Waals surface area contributed by atoms with Crippen molar-refractivity contribution in [1.29, 1.82) is 0 Å². The molecule has 0 radical (unpaired) electrons. The molecule has 12 heavy (non-hydrogen) atoms. The number of hydrogen-bond acceptors (Lipinski definition) is 2. The highest BCUT2D eigenvalue weighted by Crippen LogP contribution is 2.43. The zero-order valence-corrected chi connectivity index (χ0v) is 8.11. The highest BCUT2D eigenvalue weighted by atomic mass is 32.2. The summed E-state index contributed by atoms with van der Waals surface area (Å²) in [5.74, 6) is 2.08. The second-order valence-electron chi connectivity index (χ2n) is 3.41. The fourth-order valence-electron chi connectivity index (χ4n) is 1.56.